The average molecular weight is 151 g/mol. The molecule has 1 aliphatic heterocycles. The number of H-pyrrole nitrogens is 1. The summed E-state index contributed by atoms with van der Waals surface area (Å²) in [5.74, 6) is 1.22. The minimum absolute atomic E-state index is 0.973. The molecule has 0 amide bonds. The zero-order valence-corrected chi connectivity index (χ0v) is 6.51. The van der Waals surface area contributed by atoms with E-state index in [1.54, 1.807) is 0 Å². The van der Waals surface area contributed by atoms with Crippen molar-refractivity contribution in [2.75, 3.05) is 24.7 Å². The van der Waals surface area contributed by atoms with Crippen LogP contribution in [0.15, 0.2) is 18.3 Å². The summed E-state index contributed by atoms with van der Waals surface area (Å²) < 4.78 is 0. The molecule has 1 aliphatic rings. The standard InChI is InChI=1S/C8H13N3/c1-3-8(10-5-1)11-6-2-4-9-7-11/h1,3,5,9-10H,2,4,6-7H2. The number of rotatable bonds is 1. The second-order valence-corrected chi connectivity index (χ2v) is 2.83. The van der Waals surface area contributed by atoms with Crippen LogP contribution < -0.4 is 10.2 Å². The highest BCUT2D eigenvalue weighted by atomic mass is 15.3. The van der Waals surface area contributed by atoms with E-state index in [9.17, 15) is 0 Å². The second kappa shape index (κ2) is 2.96. The van der Waals surface area contributed by atoms with Gasteiger partial charge in [0.15, 0.2) is 0 Å². The van der Waals surface area contributed by atoms with E-state index in [1.807, 2.05) is 12.3 Å². The summed E-state index contributed by atoms with van der Waals surface area (Å²) >= 11 is 0. The predicted molar refractivity (Wildman–Crippen MR) is 45.6 cm³/mol. The maximum atomic E-state index is 3.33. The van der Waals surface area contributed by atoms with Gasteiger partial charge in [0.1, 0.15) is 5.82 Å². The van der Waals surface area contributed by atoms with E-state index in [2.05, 4.69) is 21.3 Å². The molecule has 0 radical (unpaired) electrons. The number of aromatic amines is 1. The van der Waals surface area contributed by atoms with Crippen molar-refractivity contribution in [2.24, 2.45) is 0 Å². The minimum Gasteiger partial charge on any atom is -0.348 e. The fraction of sp³-hybridized carbons (Fsp3) is 0.500. The fourth-order valence-electron chi connectivity index (χ4n) is 1.41. The lowest BCUT2D eigenvalue weighted by Crippen LogP contribution is -2.41. The van der Waals surface area contributed by atoms with Crippen LogP contribution in [0.2, 0.25) is 0 Å². The molecule has 1 aromatic rings. The Morgan fingerprint density at radius 1 is 1.45 bits per heavy atom. The van der Waals surface area contributed by atoms with Crippen LogP contribution in [-0.4, -0.2) is 24.7 Å². The highest BCUT2D eigenvalue weighted by Crippen LogP contribution is 2.10. The van der Waals surface area contributed by atoms with Gasteiger partial charge in [0, 0.05) is 12.7 Å². The van der Waals surface area contributed by atoms with Crippen LogP contribution in [0, 0.1) is 0 Å². The summed E-state index contributed by atoms with van der Waals surface area (Å²) in [4.78, 5) is 5.50. The zero-order chi connectivity index (χ0) is 7.52. The fourth-order valence-corrected chi connectivity index (χ4v) is 1.41. The third kappa shape index (κ3) is 1.38. The Bertz CT molecular complexity index is 199. The number of hydrogen-bond acceptors (Lipinski definition) is 2. The summed E-state index contributed by atoms with van der Waals surface area (Å²) in [5.41, 5.74) is 0. The van der Waals surface area contributed by atoms with Crippen LogP contribution in [0.25, 0.3) is 0 Å². The van der Waals surface area contributed by atoms with E-state index in [0.29, 0.717) is 0 Å². The first-order valence-electron chi connectivity index (χ1n) is 4.06. The molecule has 0 aliphatic carbocycles. The molecule has 1 saturated heterocycles. The van der Waals surface area contributed by atoms with Crippen LogP contribution in [0.1, 0.15) is 6.42 Å². The van der Waals surface area contributed by atoms with Crippen LogP contribution in [-0.2, 0) is 0 Å². The smallest absolute Gasteiger partial charge is 0.106 e. The van der Waals surface area contributed by atoms with Gasteiger partial charge in [0.25, 0.3) is 0 Å². The number of hydrogen-bond donors (Lipinski definition) is 2. The molecule has 2 rings (SSSR count). The lowest BCUT2D eigenvalue weighted by molar-refractivity contribution is 0.549. The van der Waals surface area contributed by atoms with E-state index in [-0.39, 0.29) is 0 Å². The monoisotopic (exact) mass is 151 g/mol. The van der Waals surface area contributed by atoms with Gasteiger partial charge in [-0.2, -0.15) is 0 Å². The number of nitrogens with zero attached hydrogens (tertiary/aromatic N) is 1. The topological polar surface area (TPSA) is 31.1 Å². The van der Waals surface area contributed by atoms with Crippen molar-refractivity contribution in [3.63, 3.8) is 0 Å². The molecule has 0 atom stereocenters. The summed E-state index contributed by atoms with van der Waals surface area (Å²) in [7, 11) is 0. The van der Waals surface area contributed by atoms with Crippen molar-refractivity contribution in [1.29, 1.82) is 0 Å². The van der Waals surface area contributed by atoms with Crippen molar-refractivity contribution in [1.82, 2.24) is 10.3 Å². The lowest BCUT2D eigenvalue weighted by Gasteiger charge is -2.27. The molecule has 60 valence electrons. The van der Waals surface area contributed by atoms with E-state index < -0.39 is 0 Å². The molecule has 0 unspecified atom stereocenters. The number of aromatic nitrogens is 1. The van der Waals surface area contributed by atoms with E-state index >= 15 is 0 Å². The molecule has 3 nitrogen and oxygen atoms in total. The predicted octanol–water partition coefficient (Wildman–Crippen LogP) is 0.772. The molecule has 3 heteroatoms. The molecular formula is C8H13N3. The van der Waals surface area contributed by atoms with Crippen molar-refractivity contribution in [3.8, 4) is 0 Å². The van der Waals surface area contributed by atoms with Gasteiger partial charge >= 0.3 is 0 Å². The number of nitrogens with one attached hydrogen (secondary N) is 2. The first-order valence-corrected chi connectivity index (χ1v) is 4.06. The summed E-state index contributed by atoms with van der Waals surface area (Å²) in [5, 5.41) is 3.33. The van der Waals surface area contributed by atoms with Crippen molar-refractivity contribution in [3.05, 3.63) is 18.3 Å². The molecular weight excluding hydrogens is 138 g/mol. The highest BCUT2D eigenvalue weighted by molar-refractivity contribution is 5.38. The second-order valence-electron chi connectivity index (χ2n) is 2.83. The maximum absolute atomic E-state index is 3.33. The maximum Gasteiger partial charge on any atom is 0.106 e. The molecule has 1 fully saturated rings. The molecule has 2 N–H and O–H groups in total. The molecule has 0 bridgehead atoms. The molecule has 1 aromatic heterocycles. The van der Waals surface area contributed by atoms with E-state index in [4.69, 9.17) is 0 Å². The van der Waals surface area contributed by atoms with Crippen LogP contribution in [0.3, 0.4) is 0 Å². The Kier molecular flexibility index (Phi) is 1.81. The normalized spacial score (nSPS) is 18.7. The number of anilines is 1. The van der Waals surface area contributed by atoms with Crippen LogP contribution in [0.5, 0.6) is 0 Å². The third-order valence-electron chi connectivity index (χ3n) is 2.01. The summed E-state index contributed by atoms with van der Waals surface area (Å²) in [6.45, 7) is 3.28. The summed E-state index contributed by atoms with van der Waals surface area (Å²) in [6, 6.07) is 4.14. The third-order valence-corrected chi connectivity index (χ3v) is 2.01. The Morgan fingerprint density at radius 2 is 2.45 bits per heavy atom. The van der Waals surface area contributed by atoms with Gasteiger partial charge in [-0.15, -0.1) is 0 Å². The van der Waals surface area contributed by atoms with Gasteiger partial charge in [-0.1, -0.05) is 0 Å². The Morgan fingerprint density at radius 3 is 3.09 bits per heavy atom. The molecule has 0 saturated carbocycles. The van der Waals surface area contributed by atoms with Gasteiger partial charge in [-0.3, -0.25) is 5.32 Å². The van der Waals surface area contributed by atoms with Crippen LogP contribution >= 0.6 is 0 Å². The summed E-state index contributed by atoms with van der Waals surface area (Å²) in [6.07, 6.45) is 3.20. The van der Waals surface area contributed by atoms with Crippen molar-refractivity contribution < 1.29 is 0 Å². The SMILES string of the molecule is c1c[nH]c(N2CCCNC2)c1. The highest BCUT2D eigenvalue weighted by Gasteiger charge is 2.09. The Balaban J connectivity index is 2.04. The Labute approximate surface area is 66.4 Å². The zero-order valence-electron chi connectivity index (χ0n) is 6.51. The molecule has 11 heavy (non-hydrogen) atoms. The minimum atomic E-state index is 0.973. The van der Waals surface area contributed by atoms with E-state index in [1.165, 1.54) is 12.2 Å². The Hall–Kier alpha value is -0.960. The molecule has 2 heterocycles. The van der Waals surface area contributed by atoms with Crippen molar-refractivity contribution >= 4 is 5.82 Å². The molecule has 0 spiro atoms. The van der Waals surface area contributed by atoms with E-state index in [0.717, 1.165) is 19.8 Å². The average Bonchev–Trinajstić information content (AvgIpc) is 2.58. The van der Waals surface area contributed by atoms with Crippen LogP contribution in [0.4, 0.5) is 5.82 Å². The van der Waals surface area contributed by atoms with Crippen molar-refractivity contribution in [2.45, 2.75) is 6.42 Å². The van der Waals surface area contributed by atoms with Gasteiger partial charge < -0.3 is 9.88 Å². The van der Waals surface area contributed by atoms with Gasteiger partial charge in [-0.25, -0.2) is 0 Å². The van der Waals surface area contributed by atoms with Gasteiger partial charge in [0.05, 0.1) is 6.67 Å². The molecule has 0 aromatic carbocycles. The quantitative estimate of drug-likeness (QED) is 0.621. The van der Waals surface area contributed by atoms with Gasteiger partial charge in [0.2, 0.25) is 0 Å². The first kappa shape index (κ1) is 6.73. The first-order chi connectivity index (χ1) is 5.47. The lowest BCUT2D eigenvalue weighted by atomic mass is 10.3. The van der Waals surface area contributed by atoms with Gasteiger partial charge in [-0.05, 0) is 25.1 Å². The largest absolute Gasteiger partial charge is 0.348 e.